The highest BCUT2D eigenvalue weighted by molar-refractivity contribution is 7.87. The minimum absolute atomic E-state index is 0.228. The summed E-state index contributed by atoms with van der Waals surface area (Å²) >= 11 is 11.9. The van der Waals surface area contributed by atoms with E-state index in [1.165, 1.54) is 11.4 Å². The van der Waals surface area contributed by atoms with Crippen LogP contribution in [0.5, 0.6) is 5.75 Å². The number of methoxy groups -OCH3 is 1. The van der Waals surface area contributed by atoms with E-state index >= 15 is 0 Å². The summed E-state index contributed by atoms with van der Waals surface area (Å²) in [5.74, 6) is 0.0396. The number of benzene rings is 2. The van der Waals surface area contributed by atoms with Crippen molar-refractivity contribution in [1.82, 2.24) is 8.61 Å². The normalized spacial score (nSPS) is 16.8. The molecule has 3 rings (SSSR count). The first-order valence-electron chi connectivity index (χ1n) is 8.42. The zero-order valence-electron chi connectivity index (χ0n) is 15.1. The number of carbonyl (C=O) groups excluding carboxylic acids is 1. The molecule has 150 valence electrons. The standard InChI is InChI=1S/C18H19Cl2N3O4S/c1-27-17-7-6-15(10-16(17)20)21-18(24)12-23-9-8-22(28(23,25)26)11-13-2-4-14(19)5-3-13/h2-7,10H,8-9,11-12H2,1H3,(H,21,24). The van der Waals surface area contributed by atoms with Crippen molar-refractivity contribution in [2.45, 2.75) is 6.54 Å². The molecule has 0 aromatic heterocycles. The molecule has 0 saturated carbocycles. The molecule has 0 atom stereocenters. The summed E-state index contributed by atoms with van der Waals surface area (Å²) in [5, 5.41) is 3.59. The Morgan fingerprint density at radius 3 is 2.43 bits per heavy atom. The van der Waals surface area contributed by atoms with Gasteiger partial charge in [0.05, 0.1) is 18.7 Å². The number of anilines is 1. The third-order valence-electron chi connectivity index (χ3n) is 4.28. The Balaban J connectivity index is 1.62. The average Bonchev–Trinajstić information content (AvgIpc) is 2.91. The summed E-state index contributed by atoms with van der Waals surface area (Å²) in [4.78, 5) is 12.3. The van der Waals surface area contributed by atoms with E-state index in [-0.39, 0.29) is 19.6 Å². The largest absolute Gasteiger partial charge is 0.495 e. The lowest BCUT2D eigenvalue weighted by molar-refractivity contribution is -0.116. The van der Waals surface area contributed by atoms with Crippen LogP contribution in [0.4, 0.5) is 5.69 Å². The van der Waals surface area contributed by atoms with Crippen LogP contribution in [0.15, 0.2) is 42.5 Å². The molecule has 1 aliphatic rings. The predicted octanol–water partition coefficient (Wildman–Crippen LogP) is 3.00. The maximum Gasteiger partial charge on any atom is 0.282 e. The fraction of sp³-hybridized carbons (Fsp3) is 0.278. The Hall–Kier alpha value is -1.84. The van der Waals surface area contributed by atoms with Gasteiger partial charge in [-0.15, -0.1) is 0 Å². The maximum atomic E-state index is 12.7. The number of hydrogen-bond donors (Lipinski definition) is 1. The van der Waals surface area contributed by atoms with E-state index in [0.717, 1.165) is 9.87 Å². The Morgan fingerprint density at radius 1 is 1.11 bits per heavy atom. The van der Waals surface area contributed by atoms with Crippen LogP contribution in [-0.4, -0.2) is 49.7 Å². The first-order chi connectivity index (χ1) is 13.3. The predicted molar refractivity (Wildman–Crippen MR) is 109 cm³/mol. The highest BCUT2D eigenvalue weighted by atomic mass is 35.5. The number of nitrogens with one attached hydrogen (secondary N) is 1. The molecule has 1 heterocycles. The molecular formula is C18H19Cl2N3O4S. The number of halogens is 2. The minimum Gasteiger partial charge on any atom is -0.495 e. The van der Waals surface area contributed by atoms with Gasteiger partial charge in [0, 0.05) is 30.3 Å². The van der Waals surface area contributed by atoms with Gasteiger partial charge in [-0.2, -0.15) is 17.0 Å². The van der Waals surface area contributed by atoms with Crippen LogP contribution < -0.4 is 10.1 Å². The second-order valence-electron chi connectivity index (χ2n) is 6.20. The van der Waals surface area contributed by atoms with Gasteiger partial charge in [0.2, 0.25) is 5.91 Å². The van der Waals surface area contributed by atoms with E-state index in [4.69, 9.17) is 27.9 Å². The highest BCUT2D eigenvalue weighted by Crippen LogP contribution is 2.27. The summed E-state index contributed by atoms with van der Waals surface area (Å²) in [6.07, 6.45) is 0. The van der Waals surface area contributed by atoms with E-state index < -0.39 is 16.1 Å². The Labute approximate surface area is 174 Å². The molecule has 1 amide bonds. The molecule has 0 bridgehead atoms. The third kappa shape index (κ3) is 4.76. The molecular weight excluding hydrogens is 425 g/mol. The highest BCUT2D eigenvalue weighted by Gasteiger charge is 2.37. The van der Waals surface area contributed by atoms with Crippen molar-refractivity contribution in [3.05, 3.63) is 58.1 Å². The number of rotatable bonds is 6. The van der Waals surface area contributed by atoms with Crippen molar-refractivity contribution in [1.29, 1.82) is 0 Å². The lowest BCUT2D eigenvalue weighted by atomic mass is 10.2. The molecule has 10 heteroatoms. The quantitative estimate of drug-likeness (QED) is 0.743. The van der Waals surface area contributed by atoms with Gasteiger partial charge < -0.3 is 10.1 Å². The minimum atomic E-state index is -3.72. The molecule has 0 spiro atoms. The Morgan fingerprint density at radius 2 is 1.79 bits per heavy atom. The number of hydrogen-bond acceptors (Lipinski definition) is 4. The molecule has 0 unspecified atom stereocenters. The van der Waals surface area contributed by atoms with Gasteiger partial charge in [-0.1, -0.05) is 35.3 Å². The number of carbonyl (C=O) groups is 1. The second kappa shape index (κ2) is 8.67. The molecule has 1 N–H and O–H groups in total. The number of nitrogens with zero attached hydrogens (tertiary/aromatic N) is 2. The van der Waals surface area contributed by atoms with Crippen molar-refractivity contribution < 1.29 is 17.9 Å². The summed E-state index contributed by atoms with van der Waals surface area (Å²) in [6, 6.07) is 11.8. The van der Waals surface area contributed by atoms with Gasteiger partial charge in [0.1, 0.15) is 5.75 Å². The van der Waals surface area contributed by atoms with E-state index in [9.17, 15) is 13.2 Å². The van der Waals surface area contributed by atoms with E-state index in [2.05, 4.69) is 5.32 Å². The molecule has 0 aliphatic carbocycles. The van der Waals surface area contributed by atoms with Crippen LogP contribution in [0, 0.1) is 0 Å². The fourth-order valence-electron chi connectivity index (χ4n) is 2.84. The zero-order valence-corrected chi connectivity index (χ0v) is 17.4. The first-order valence-corrected chi connectivity index (χ1v) is 10.6. The van der Waals surface area contributed by atoms with Crippen LogP contribution >= 0.6 is 23.2 Å². The van der Waals surface area contributed by atoms with Gasteiger partial charge in [-0.3, -0.25) is 4.79 Å². The molecule has 1 aliphatic heterocycles. The third-order valence-corrected chi connectivity index (χ3v) is 6.75. The molecule has 1 saturated heterocycles. The molecule has 28 heavy (non-hydrogen) atoms. The number of amides is 1. The fourth-order valence-corrected chi connectivity index (χ4v) is 4.76. The molecule has 2 aromatic rings. The Kier molecular flexibility index (Phi) is 6.47. The topological polar surface area (TPSA) is 79.0 Å². The van der Waals surface area contributed by atoms with Gasteiger partial charge in [0.15, 0.2) is 0 Å². The molecule has 2 aromatic carbocycles. The Bertz CT molecular complexity index is 967. The van der Waals surface area contributed by atoms with Crippen LogP contribution in [0.1, 0.15) is 5.56 Å². The van der Waals surface area contributed by atoms with Crippen LogP contribution in [0.2, 0.25) is 10.0 Å². The van der Waals surface area contributed by atoms with Gasteiger partial charge in [0.25, 0.3) is 10.2 Å². The summed E-state index contributed by atoms with van der Waals surface area (Å²) in [6.45, 7) is 0.508. The van der Waals surface area contributed by atoms with Gasteiger partial charge in [-0.05, 0) is 35.9 Å². The van der Waals surface area contributed by atoms with E-state index in [1.807, 2.05) is 0 Å². The zero-order chi connectivity index (χ0) is 20.3. The first kappa shape index (κ1) is 20.9. The van der Waals surface area contributed by atoms with Crippen molar-refractivity contribution >= 4 is 45.0 Å². The average molecular weight is 444 g/mol. The number of ether oxygens (including phenoxy) is 1. The molecule has 1 fully saturated rings. The van der Waals surface area contributed by atoms with E-state index in [0.29, 0.717) is 28.0 Å². The maximum absolute atomic E-state index is 12.7. The van der Waals surface area contributed by atoms with Crippen LogP contribution in [-0.2, 0) is 21.5 Å². The second-order valence-corrected chi connectivity index (χ2v) is 8.97. The molecule has 7 nitrogen and oxygen atoms in total. The van der Waals surface area contributed by atoms with Gasteiger partial charge in [-0.25, -0.2) is 0 Å². The lowest BCUT2D eigenvalue weighted by Crippen LogP contribution is -2.37. The van der Waals surface area contributed by atoms with Crippen molar-refractivity contribution in [2.75, 3.05) is 32.1 Å². The van der Waals surface area contributed by atoms with Crippen LogP contribution in [0.3, 0.4) is 0 Å². The van der Waals surface area contributed by atoms with Crippen molar-refractivity contribution in [3.8, 4) is 5.75 Å². The summed E-state index contributed by atoms with van der Waals surface area (Å²) < 4.78 is 33.0. The summed E-state index contributed by atoms with van der Waals surface area (Å²) in [7, 11) is -2.22. The van der Waals surface area contributed by atoms with Crippen molar-refractivity contribution in [3.63, 3.8) is 0 Å². The monoisotopic (exact) mass is 443 g/mol. The summed E-state index contributed by atoms with van der Waals surface area (Å²) in [5.41, 5.74) is 1.29. The van der Waals surface area contributed by atoms with Crippen LogP contribution in [0.25, 0.3) is 0 Å². The van der Waals surface area contributed by atoms with Crippen molar-refractivity contribution in [2.24, 2.45) is 0 Å². The van der Waals surface area contributed by atoms with E-state index in [1.54, 1.807) is 42.5 Å². The SMILES string of the molecule is COc1ccc(NC(=O)CN2CCN(Cc3ccc(Cl)cc3)S2(=O)=O)cc1Cl. The lowest BCUT2D eigenvalue weighted by Gasteiger charge is -2.18. The smallest absolute Gasteiger partial charge is 0.282 e. The van der Waals surface area contributed by atoms with Gasteiger partial charge >= 0.3 is 0 Å². The molecule has 0 radical (unpaired) electrons.